The molecular formula is C5H5NO2S2. The number of nitrogens with zero attached hydrogens (tertiary/aromatic N) is 1. The lowest BCUT2D eigenvalue weighted by molar-refractivity contribution is -0.136. The number of hydrogen-bond acceptors (Lipinski definition) is 4. The largest absolute Gasteiger partial charge is 0.480 e. The molecule has 0 aromatic carbocycles. The summed E-state index contributed by atoms with van der Waals surface area (Å²) in [6, 6.07) is 0. The molecule has 10 heavy (non-hydrogen) atoms. The Morgan fingerprint density at radius 2 is 2.60 bits per heavy atom. The molecule has 0 fully saturated rings. The summed E-state index contributed by atoms with van der Waals surface area (Å²) in [6.45, 7) is 0. The van der Waals surface area contributed by atoms with Crippen molar-refractivity contribution in [2.75, 3.05) is 0 Å². The summed E-state index contributed by atoms with van der Waals surface area (Å²) in [5.74, 6) is -0.937. The summed E-state index contributed by atoms with van der Waals surface area (Å²) in [4.78, 5) is 14.7. The zero-order chi connectivity index (χ0) is 7.56. The molecular weight excluding hydrogens is 170 g/mol. The third-order valence-electron chi connectivity index (χ3n) is 0.955. The molecule has 0 saturated heterocycles. The van der Waals surface area contributed by atoms with Gasteiger partial charge >= 0.3 is 5.97 Å². The maximum absolute atomic E-state index is 10.3. The van der Waals surface area contributed by atoms with Crippen molar-refractivity contribution in [3.05, 3.63) is 16.6 Å². The van der Waals surface area contributed by atoms with E-state index in [0.29, 0.717) is 4.88 Å². The molecule has 0 aliphatic rings. The molecule has 0 aliphatic heterocycles. The van der Waals surface area contributed by atoms with Crippen molar-refractivity contribution in [2.45, 2.75) is 5.25 Å². The van der Waals surface area contributed by atoms with Gasteiger partial charge in [0.05, 0.1) is 5.51 Å². The average molecular weight is 175 g/mol. The molecule has 54 valence electrons. The number of carboxylic acid groups (broad SMARTS) is 1. The quantitative estimate of drug-likeness (QED) is 0.664. The van der Waals surface area contributed by atoms with Gasteiger partial charge < -0.3 is 5.11 Å². The normalized spacial score (nSPS) is 12.9. The summed E-state index contributed by atoms with van der Waals surface area (Å²) in [7, 11) is 0. The summed E-state index contributed by atoms with van der Waals surface area (Å²) < 4.78 is 0. The first-order valence-electron chi connectivity index (χ1n) is 2.51. The number of aromatic nitrogens is 1. The van der Waals surface area contributed by atoms with Crippen LogP contribution in [0.15, 0.2) is 11.7 Å². The van der Waals surface area contributed by atoms with E-state index in [1.807, 2.05) is 0 Å². The Kier molecular flexibility index (Phi) is 2.29. The number of thiazole rings is 1. The molecule has 0 radical (unpaired) electrons. The molecule has 1 aromatic rings. The highest BCUT2D eigenvalue weighted by Crippen LogP contribution is 2.22. The minimum absolute atomic E-state index is 0.663. The van der Waals surface area contributed by atoms with Crippen LogP contribution in [0.5, 0.6) is 0 Å². The standard InChI is InChI=1S/C5H5NO2S2/c7-5(8)4(9)3-1-6-2-10-3/h1-2,4,9H,(H,7,8). The van der Waals surface area contributed by atoms with Crippen LogP contribution in [0.3, 0.4) is 0 Å². The minimum atomic E-state index is -0.937. The Morgan fingerprint density at radius 3 is 3.00 bits per heavy atom. The number of rotatable bonds is 2. The fourth-order valence-electron chi connectivity index (χ4n) is 0.482. The van der Waals surface area contributed by atoms with E-state index >= 15 is 0 Å². The molecule has 1 aromatic heterocycles. The summed E-state index contributed by atoms with van der Waals surface area (Å²) >= 11 is 5.14. The molecule has 0 saturated carbocycles. The highest BCUT2D eigenvalue weighted by atomic mass is 32.1. The van der Waals surface area contributed by atoms with Crippen molar-refractivity contribution in [2.24, 2.45) is 0 Å². The number of aliphatic carboxylic acids is 1. The second-order valence-corrected chi connectivity index (χ2v) is 3.08. The van der Waals surface area contributed by atoms with Gasteiger partial charge in [-0.05, 0) is 0 Å². The fraction of sp³-hybridized carbons (Fsp3) is 0.200. The zero-order valence-corrected chi connectivity index (χ0v) is 6.60. The van der Waals surface area contributed by atoms with Crippen molar-refractivity contribution < 1.29 is 9.90 Å². The first-order valence-corrected chi connectivity index (χ1v) is 3.90. The first kappa shape index (κ1) is 7.56. The second kappa shape index (κ2) is 3.03. The fourth-order valence-corrected chi connectivity index (χ4v) is 1.33. The minimum Gasteiger partial charge on any atom is -0.480 e. The van der Waals surface area contributed by atoms with Gasteiger partial charge in [0, 0.05) is 11.1 Å². The number of thiol groups is 1. The van der Waals surface area contributed by atoms with Crippen LogP contribution in [0.2, 0.25) is 0 Å². The second-order valence-electron chi connectivity index (χ2n) is 1.64. The van der Waals surface area contributed by atoms with Gasteiger partial charge in [-0.2, -0.15) is 12.6 Å². The predicted octanol–water partition coefficient (Wildman–Crippen LogP) is 1.20. The van der Waals surface area contributed by atoms with Gasteiger partial charge in [0.15, 0.2) is 0 Å². The molecule has 0 amide bonds. The van der Waals surface area contributed by atoms with Crippen LogP contribution in [0.25, 0.3) is 0 Å². The van der Waals surface area contributed by atoms with Gasteiger partial charge in [-0.25, -0.2) is 0 Å². The Bertz CT molecular complexity index is 222. The van der Waals surface area contributed by atoms with E-state index in [9.17, 15) is 4.79 Å². The van der Waals surface area contributed by atoms with Crippen molar-refractivity contribution >= 4 is 29.9 Å². The monoisotopic (exact) mass is 175 g/mol. The van der Waals surface area contributed by atoms with Crippen LogP contribution in [0.4, 0.5) is 0 Å². The SMILES string of the molecule is O=C(O)C(S)c1cncs1. The highest BCUT2D eigenvalue weighted by molar-refractivity contribution is 7.81. The molecule has 0 bridgehead atoms. The smallest absolute Gasteiger partial charge is 0.321 e. The molecule has 1 heterocycles. The van der Waals surface area contributed by atoms with Crippen LogP contribution in [-0.4, -0.2) is 16.1 Å². The Morgan fingerprint density at radius 1 is 1.90 bits per heavy atom. The number of carboxylic acids is 1. The maximum atomic E-state index is 10.3. The van der Waals surface area contributed by atoms with E-state index in [0.717, 1.165) is 0 Å². The van der Waals surface area contributed by atoms with E-state index in [4.69, 9.17) is 5.11 Å². The maximum Gasteiger partial charge on any atom is 0.321 e. The Labute approximate surface area is 67.1 Å². The summed E-state index contributed by atoms with van der Waals surface area (Å²) in [5, 5.41) is 7.73. The van der Waals surface area contributed by atoms with Gasteiger partial charge in [-0.15, -0.1) is 11.3 Å². The van der Waals surface area contributed by atoms with Gasteiger partial charge in [0.1, 0.15) is 5.25 Å². The van der Waals surface area contributed by atoms with Crippen molar-refractivity contribution in [3.63, 3.8) is 0 Å². The van der Waals surface area contributed by atoms with Gasteiger partial charge in [-0.3, -0.25) is 9.78 Å². The Balaban J connectivity index is 2.77. The number of hydrogen-bond donors (Lipinski definition) is 2. The zero-order valence-electron chi connectivity index (χ0n) is 4.89. The van der Waals surface area contributed by atoms with Crippen LogP contribution in [-0.2, 0) is 4.79 Å². The Hall–Kier alpha value is -0.550. The average Bonchev–Trinajstić information content (AvgIpc) is 2.36. The number of carbonyl (C=O) groups is 1. The molecule has 1 N–H and O–H groups in total. The van der Waals surface area contributed by atoms with Crippen LogP contribution in [0, 0.1) is 0 Å². The van der Waals surface area contributed by atoms with Crippen molar-refractivity contribution in [1.82, 2.24) is 4.98 Å². The molecule has 3 nitrogen and oxygen atoms in total. The van der Waals surface area contributed by atoms with Crippen LogP contribution >= 0.6 is 24.0 Å². The lowest BCUT2D eigenvalue weighted by Crippen LogP contribution is -2.02. The van der Waals surface area contributed by atoms with E-state index in [1.54, 1.807) is 5.51 Å². The van der Waals surface area contributed by atoms with Gasteiger partial charge in [-0.1, -0.05) is 0 Å². The summed E-state index contributed by atoms with van der Waals surface area (Å²) in [6.07, 6.45) is 1.51. The summed E-state index contributed by atoms with van der Waals surface area (Å²) in [5.41, 5.74) is 1.58. The molecule has 1 rings (SSSR count). The predicted molar refractivity (Wildman–Crippen MR) is 41.5 cm³/mol. The van der Waals surface area contributed by atoms with Crippen LogP contribution < -0.4 is 0 Å². The van der Waals surface area contributed by atoms with Crippen molar-refractivity contribution in [1.29, 1.82) is 0 Å². The molecule has 1 atom stereocenters. The van der Waals surface area contributed by atoms with Gasteiger partial charge in [0.2, 0.25) is 0 Å². The van der Waals surface area contributed by atoms with E-state index in [2.05, 4.69) is 17.6 Å². The lowest BCUT2D eigenvalue weighted by atomic mass is 10.4. The van der Waals surface area contributed by atoms with Crippen LogP contribution in [0.1, 0.15) is 10.1 Å². The third kappa shape index (κ3) is 1.48. The molecule has 1 unspecified atom stereocenters. The molecule has 0 aliphatic carbocycles. The van der Waals surface area contributed by atoms with Gasteiger partial charge in [0.25, 0.3) is 0 Å². The van der Waals surface area contributed by atoms with E-state index in [-0.39, 0.29) is 0 Å². The van der Waals surface area contributed by atoms with Crippen molar-refractivity contribution in [3.8, 4) is 0 Å². The topological polar surface area (TPSA) is 50.2 Å². The van der Waals surface area contributed by atoms with E-state index in [1.165, 1.54) is 17.5 Å². The van der Waals surface area contributed by atoms with E-state index < -0.39 is 11.2 Å². The molecule has 5 heteroatoms. The molecule has 0 spiro atoms. The highest BCUT2D eigenvalue weighted by Gasteiger charge is 2.15. The first-order chi connectivity index (χ1) is 4.72. The third-order valence-corrected chi connectivity index (χ3v) is 2.47. The lowest BCUT2D eigenvalue weighted by Gasteiger charge is -1.97.